The number of benzene rings is 2. The van der Waals surface area contributed by atoms with Gasteiger partial charge in [0.25, 0.3) is 0 Å². The van der Waals surface area contributed by atoms with E-state index in [1.165, 1.54) is 12.1 Å². The topological polar surface area (TPSA) is 63.8 Å². The summed E-state index contributed by atoms with van der Waals surface area (Å²) in [6.07, 6.45) is 0. The molecule has 0 aliphatic carbocycles. The maximum absolute atomic E-state index is 13.5. The van der Waals surface area contributed by atoms with Gasteiger partial charge in [0.2, 0.25) is 0 Å². The van der Waals surface area contributed by atoms with Gasteiger partial charge in [-0.1, -0.05) is 12.1 Å². The van der Waals surface area contributed by atoms with Crippen LogP contribution in [0.5, 0.6) is 0 Å². The first kappa shape index (κ1) is 14.6. The van der Waals surface area contributed by atoms with E-state index in [1.807, 2.05) is 23.6 Å². The van der Waals surface area contributed by atoms with Gasteiger partial charge in [0.1, 0.15) is 11.5 Å². The summed E-state index contributed by atoms with van der Waals surface area (Å²) in [4.78, 5) is 10.3. The Morgan fingerprint density at radius 1 is 0.958 bits per heavy atom. The Kier molecular flexibility index (Phi) is 3.59. The summed E-state index contributed by atoms with van der Waals surface area (Å²) in [6.45, 7) is 0. The van der Waals surface area contributed by atoms with Crippen molar-refractivity contribution in [1.29, 1.82) is 0 Å². The van der Waals surface area contributed by atoms with Crippen molar-refractivity contribution in [2.24, 2.45) is 0 Å². The van der Waals surface area contributed by atoms with E-state index < -0.39 is 0 Å². The Bertz CT molecular complexity index is 1010. The predicted molar refractivity (Wildman–Crippen MR) is 96.9 cm³/mol. The molecule has 0 aliphatic rings. The molecule has 0 unspecified atom stereocenters. The zero-order valence-electron chi connectivity index (χ0n) is 12.5. The van der Waals surface area contributed by atoms with Gasteiger partial charge in [-0.25, -0.2) is 14.4 Å². The summed E-state index contributed by atoms with van der Waals surface area (Å²) in [5.41, 5.74) is 9.27. The molecule has 4 aromatic rings. The van der Waals surface area contributed by atoms with E-state index in [-0.39, 0.29) is 5.82 Å². The molecule has 4 rings (SSSR count). The lowest BCUT2D eigenvalue weighted by molar-refractivity contribution is 0.628. The van der Waals surface area contributed by atoms with Crippen molar-refractivity contribution >= 4 is 39.6 Å². The molecule has 2 aromatic carbocycles. The van der Waals surface area contributed by atoms with E-state index in [0.29, 0.717) is 22.9 Å². The van der Waals surface area contributed by atoms with Crippen LogP contribution in [0.25, 0.3) is 21.6 Å². The summed E-state index contributed by atoms with van der Waals surface area (Å²) in [5, 5.41) is 5.15. The molecule has 6 heteroatoms. The highest BCUT2D eigenvalue weighted by Gasteiger charge is 2.13. The second kappa shape index (κ2) is 5.90. The number of thiophene rings is 1. The largest absolute Gasteiger partial charge is 0.399 e. The molecule has 0 aliphatic heterocycles. The van der Waals surface area contributed by atoms with E-state index in [2.05, 4.69) is 10.3 Å². The van der Waals surface area contributed by atoms with E-state index in [4.69, 9.17) is 10.7 Å². The Morgan fingerprint density at radius 3 is 2.67 bits per heavy atom. The van der Waals surface area contributed by atoms with Crippen LogP contribution in [-0.2, 0) is 0 Å². The van der Waals surface area contributed by atoms with Gasteiger partial charge in [0, 0.05) is 11.4 Å². The third kappa shape index (κ3) is 2.79. The number of anilines is 3. The quantitative estimate of drug-likeness (QED) is 0.526. The smallest absolute Gasteiger partial charge is 0.158 e. The number of aromatic nitrogens is 2. The summed E-state index contributed by atoms with van der Waals surface area (Å²) in [5.74, 6) is 0.277. The lowest BCUT2D eigenvalue weighted by atomic mass is 10.2. The number of halogens is 1. The lowest BCUT2D eigenvalue weighted by Crippen LogP contribution is -2.00. The van der Waals surface area contributed by atoms with Crippen LogP contribution in [0.3, 0.4) is 0 Å². The third-order valence-electron chi connectivity index (χ3n) is 3.53. The Balaban J connectivity index is 1.88. The number of hydrogen-bond donors (Lipinski definition) is 2. The molecule has 0 atom stereocenters. The molecule has 24 heavy (non-hydrogen) atoms. The van der Waals surface area contributed by atoms with Crippen molar-refractivity contribution in [3.05, 3.63) is 65.8 Å². The average molecular weight is 336 g/mol. The second-order valence-corrected chi connectivity index (χ2v) is 6.23. The number of nitrogen functional groups attached to an aromatic ring is 1. The number of nitrogens with zero attached hydrogens (tertiary/aromatic N) is 2. The molecule has 3 N–H and O–H groups in total. The zero-order chi connectivity index (χ0) is 16.5. The molecule has 0 saturated carbocycles. The first-order chi connectivity index (χ1) is 11.7. The minimum absolute atomic E-state index is 0.306. The first-order valence-corrected chi connectivity index (χ1v) is 8.21. The minimum atomic E-state index is -0.306. The number of fused-ring (bicyclic) bond motifs is 1. The maximum Gasteiger partial charge on any atom is 0.158 e. The molecular weight excluding hydrogens is 323 g/mol. The summed E-state index contributed by atoms with van der Waals surface area (Å²) in [7, 11) is 0. The normalized spacial score (nSPS) is 10.9. The average Bonchev–Trinajstić information content (AvgIpc) is 3.09. The molecule has 0 amide bonds. The van der Waals surface area contributed by atoms with Crippen LogP contribution in [0.15, 0.2) is 60.0 Å². The van der Waals surface area contributed by atoms with Crippen molar-refractivity contribution in [3.63, 3.8) is 0 Å². The summed E-state index contributed by atoms with van der Waals surface area (Å²) in [6, 6.07) is 15.6. The van der Waals surface area contributed by atoms with Gasteiger partial charge in [-0.05, 0) is 47.8 Å². The van der Waals surface area contributed by atoms with Gasteiger partial charge in [0.05, 0.1) is 15.9 Å². The molecule has 0 spiro atoms. The second-order valence-electron chi connectivity index (χ2n) is 5.28. The van der Waals surface area contributed by atoms with E-state index in [1.54, 1.807) is 35.6 Å². The van der Waals surface area contributed by atoms with Crippen molar-refractivity contribution < 1.29 is 4.39 Å². The monoisotopic (exact) mass is 336 g/mol. The molecule has 2 aromatic heterocycles. The van der Waals surface area contributed by atoms with Gasteiger partial charge >= 0.3 is 0 Å². The van der Waals surface area contributed by atoms with Crippen molar-refractivity contribution in [2.75, 3.05) is 11.1 Å². The first-order valence-electron chi connectivity index (χ1n) is 7.33. The van der Waals surface area contributed by atoms with Gasteiger partial charge in [-0.2, -0.15) is 0 Å². The van der Waals surface area contributed by atoms with Gasteiger partial charge in [-0.3, -0.25) is 0 Å². The van der Waals surface area contributed by atoms with Crippen LogP contribution in [0, 0.1) is 5.82 Å². The fourth-order valence-electron chi connectivity index (χ4n) is 2.45. The van der Waals surface area contributed by atoms with Crippen molar-refractivity contribution in [2.45, 2.75) is 0 Å². The van der Waals surface area contributed by atoms with Crippen LogP contribution in [0.1, 0.15) is 0 Å². The maximum atomic E-state index is 13.5. The zero-order valence-corrected chi connectivity index (χ0v) is 13.3. The van der Waals surface area contributed by atoms with E-state index >= 15 is 0 Å². The number of rotatable bonds is 3. The minimum Gasteiger partial charge on any atom is -0.399 e. The number of nitrogens with one attached hydrogen (secondary N) is 1. The van der Waals surface area contributed by atoms with Crippen LogP contribution in [0.4, 0.5) is 21.6 Å². The van der Waals surface area contributed by atoms with Gasteiger partial charge in [0.15, 0.2) is 5.82 Å². The Labute approximate surface area is 141 Å². The molecule has 0 bridgehead atoms. The highest BCUT2D eigenvalue weighted by molar-refractivity contribution is 7.13. The van der Waals surface area contributed by atoms with Crippen molar-refractivity contribution in [1.82, 2.24) is 9.97 Å². The van der Waals surface area contributed by atoms with E-state index in [9.17, 15) is 4.39 Å². The Morgan fingerprint density at radius 2 is 1.88 bits per heavy atom. The van der Waals surface area contributed by atoms with Crippen LogP contribution >= 0.6 is 11.3 Å². The highest BCUT2D eigenvalue weighted by Crippen LogP contribution is 2.32. The fourth-order valence-corrected chi connectivity index (χ4v) is 3.16. The molecule has 2 heterocycles. The predicted octanol–water partition coefficient (Wildman–Crippen LogP) is 4.82. The highest BCUT2D eigenvalue weighted by atomic mass is 32.1. The van der Waals surface area contributed by atoms with Gasteiger partial charge < -0.3 is 11.1 Å². The lowest BCUT2D eigenvalue weighted by Gasteiger charge is -2.11. The van der Waals surface area contributed by atoms with Gasteiger partial charge in [-0.15, -0.1) is 11.3 Å². The fraction of sp³-hybridized carbons (Fsp3) is 0. The molecule has 118 valence electrons. The molecule has 0 fully saturated rings. The molecular formula is C18H13FN4S. The SMILES string of the molecule is Nc1ccc2nc(Nc3cccc(F)c3)c(-c3cccs3)nc2c1. The van der Waals surface area contributed by atoms with E-state index in [0.717, 1.165) is 15.9 Å². The van der Waals surface area contributed by atoms with Crippen LogP contribution < -0.4 is 11.1 Å². The standard InChI is InChI=1S/C18H13FN4S/c19-11-3-1-4-13(9-11)21-18-17(16-5-2-8-24-16)22-15-10-12(20)6-7-14(15)23-18/h1-10H,20H2,(H,21,23). The number of hydrogen-bond acceptors (Lipinski definition) is 5. The van der Waals surface area contributed by atoms with Crippen LogP contribution in [-0.4, -0.2) is 9.97 Å². The molecule has 0 radical (unpaired) electrons. The Hall–Kier alpha value is -2.99. The molecule has 0 saturated heterocycles. The van der Waals surface area contributed by atoms with Crippen molar-refractivity contribution in [3.8, 4) is 10.6 Å². The van der Waals surface area contributed by atoms with Crippen LogP contribution in [0.2, 0.25) is 0 Å². The number of nitrogens with two attached hydrogens (primary N) is 1. The molecule has 4 nitrogen and oxygen atoms in total. The summed E-state index contributed by atoms with van der Waals surface area (Å²) >= 11 is 1.57. The third-order valence-corrected chi connectivity index (χ3v) is 4.41. The summed E-state index contributed by atoms with van der Waals surface area (Å²) < 4.78 is 13.5.